The number of morpholine rings is 1. The lowest BCUT2D eigenvalue weighted by atomic mass is 9.93. The van der Waals surface area contributed by atoms with Gasteiger partial charge in [-0.1, -0.05) is 12.1 Å². The van der Waals surface area contributed by atoms with Crippen LogP contribution in [0.4, 0.5) is 0 Å². The quantitative estimate of drug-likeness (QED) is 0.213. The van der Waals surface area contributed by atoms with Gasteiger partial charge in [-0.15, -0.1) is 0 Å². The minimum Gasteiger partial charge on any atom is -0.507 e. The summed E-state index contributed by atoms with van der Waals surface area (Å²) in [7, 11) is 2.98. The SMILES string of the molecule is CCOC(=O)c1[nH]c(C)c(C(O)=C2C(=O)C(=O)N(CCN3CCOCC3)[C@@H]2c2cccc(OC)c2OC)c1C. The van der Waals surface area contributed by atoms with Gasteiger partial charge in [0.15, 0.2) is 11.5 Å². The van der Waals surface area contributed by atoms with E-state index in [9.17, 15) is 19.5 Å². The van der Waals surface area contributed by atoms with Crippen LogP contribution in [0.5, 0.6) is 11.5 Å². The first kappa shape index (κ1) is 28.2. The summed E-state index contributed by atoms with van der Waals surface area (Å²) >= 11 is 0. The number of rotatable bonds is 9. The van der Waals surface area contributed by atoms with Crippen LogP contribution in [-0.4, -0.2) is 97.8 Å². The number of hydrogen-bond acceptors (Lipinski definition) is 9. The van der Waals surface area contributed by atoms with Crippen LogP contribution < -0.4 is 9.47 Å². The predicted molar refractivity (Wildman–Crippen MR) is 142 cm³/mol. The van der Waals surface area contributed by atoms with Crippen LogP contribution in [0.25, 0.3) is 5.76 Å². The number of hydrogen-bond donors (Lipinski definition) is 2. The average molecular weight is 542 g/mol. The third-order valence-electron chi connectivity index (χ3n) is 7.18. The van der Waals surface area contributed by atoms with Gasteiger partial charge < -0.3 is 33.9 Å². The zero-order valence-electron chi connectivity index (χ0n) is 23.0. The molecule has 2 aromatic rings. The number of para-hydroxylation sites is 1. The van der Waals surface area contributed by atoms with Gasteiger partial charge in [-0.2, -0.15) is 0 Å². The number of nitrogens with zero attached hydrogens (tertiary/aromatic N) is 2. The van der Waals surface area contributed by atoms with E-state index < -0.39 is 23.7 Å². The van der Waals surface area contributed by atoms with Crippen molar-refractivity contribution in [3.05, 3.63) is 51.9 Å². The van der Waals surface area contributed by atoms with Gasteiger partial charge in [0.05, 0.1) is 45.7 Å². The van der Waals surface area contributed by atoms with Gasteiger partial charge in [-0.05, 0) is 32.4 Å². The molecule has 0 aliphatic carbocycles. The standard InChI is InChI=1S/C28H35N3O8/c1-6-39-28(35)22-16(2)20(17(3)29-22)24(32)21-23(18-8-7-9-19(36-4)26(18)37-5)31(27(34)25(21)33)11-10-30-12-14-38-15-13-30/h7-9,23,29,32H,6,10-15H2,1-5H3/t23-/m1/s1. The molecule has 1 atom stereocenters. The van der Waals surface area contributed by atoms with Gasteiger partial charge in [-0.25, -0.2) is 4.79 Å². The van der Waals surface area contributed by atoms with E-state index in [2.05, 4.69) is 9.88 Å². The fraction of sp³-hybridized carbons (Fsp3) is 0.464. The second-order valence-electron chi connectivity index (χ2n) is 9.37. The molecular weight excluding hydrogens is 506 g/mol. The maximum absolute atomic E-state index is 13.6. The number of H-pyrrole nitrogens is 1. The summed E-state index contributed by atoms with van der Waals surface area (Å²) in [5.41, 5.74) is 1.73. The molecule has 2 N–H and O–H groups in total. The van der Waals surface area contributed by atoms with Gasteiger partial charge in [0.25, 0.3) is 11.7 Å². The van der Waals surface area contributed by atoms with Crippen LogP contribution in [-0.2, 0) is 19.1 Å². The number of aromatic amines is 1. The third kappa shape index (κ3) is 5.24. The first-order chi connectivity index (χ1) is 18.7. The summed E-state index contributed by atoms with van der Waals surface area (Å²) in [6.07, 6.45) is 0. The summed E-state index contributed by atoms with van der Waals surface area (Å²) in [5, 5.41) is 11.7. The van der Waals surface area contributed by atoms with Gasteiger partial charge >= 0.3 is 5.97 Å². The zero-order valence-corrected chi connectivity index (χ0v) is 23.0. The van der Waals surface area contributed by atoms with E-state index in [1.165, 1.54) is 19.1 Å². The first-order valence-electron chi connectivity index (χ1n) is 12.9. The minimum absolute atomic E-state index is 0.0888. The topological polar surface area (TPSA) is 131 Å². The molecule has 1 aromatic carbocycles. The lowest BCUT2D eigenvalue weighted by molar-refractivity contribution is -0.140. The number of amides is 1. The van der Waals surface area contributed by atoms with E-state index in [0.29, 0.717) is 48.1 Å². The Labute approximate surface area is 227 Å². The fourth-order valence-electron chi connectivity index (χ4n) is 5.28. The number of ether oxygens (including phenoxy) is 4. The van der Waals surface area contributed by atoms with Crippen molar-refractivity contribution in [2.24, 2.45) is 0 Å². The maximum Gasteiger partial charge on any atom is 0.355 e. The van der Waals surface area contributed by atoms with Crippen molar-refractivity contribution in [1.82, 2.24) is 14.8 Å². The third-order valence-corrected chi connectivity index (χ3v) is 7.18. The van der Waals surface area contributed by atoms with E-state index in [1.807, 2.05) is 0 Å². The summed E-state index contributed by atoms with van der Waals surface area (Å²) in [4.78, 5) is 46.1. The molecule has 0 unspecified atom stereocenters. The summed E-state index contributed by atoms with van der Waals surface area (Å²) in [5.74, 6) is -1.72. The van der Waals surface area contributed by atoms with Crippen molar-refractivity contribution in [3.63, 3.8) is 0 Å². The Hall–Kier alpha value is -3.83. The number of methoxy groups -OCH3 is 2. The first-order valence-corrected chi connectivity index (χ1v) is 12.9. The molecule has 0 spiro atoms. The Balaban J connectivity index is 1.87. The Morgan fingerprint density at radius 1 is 1.13 bits per heavy atom. The number of benzene rings is 1. The van der Waals surface area contributed by atoms with Gasteiger partial charge in [0.2, 0.25) is 0 Å². The van der Waals surface area contributed by atoms with Crippen molar-refractivity contribution < 1.29 is 38.4 Å². The van der Waals surface area contributed by atoms with E-state index in [4.69, 9.17) is 18.9 Å². The lowest BCUT2D eigenvalue weighted by Gasteiger charge is -2.31. The molecule has 2 fully saturated rings. The molecule has 2 aliphatic heterocycles. The molecule has 11 heteroatoms. The number of aliphatic hydroxyl groups excluding tert-OH is 1. The molecule has 0 bridgehead atoms. The lowest BCUT2D eigenvalue weighted by Crippen LogP contribution is -2.42. The number of aryl methyl sites for hydroxylation is 1. The molecule has 2 aliphatic rings. The van der Waals surface area contributed by atoms with Gasteiger partial charge in [0, 0.05) is 43.0 Å². The van der Waals surface area contributed by atoms with Crippen molar-refractivity contribution >= 4 is 23.4 Å². The highest BCUT2D eigenvalue weighted by Crippen LogP contribution is 2.46. The van der Waals surface area contributed by atoms with Crippen LogP contribution in [0.3, 0.4) is 0 Å². The number of ketones is 1. The molecule has 210 valence electrons. The van der Waals surface area contributed by atoms with E-state index >= 15 is 0 Å². The summed E-state index contributed by atoms with van der Waals surface area (Å²) < 4.78 is 21.7. The molecule has 0 radical (unpaired) electrons. The van der Waals surface area contributed by atoms with Crippen LogP contribution >= 0.6 is 0 Å². The van der Waals surface area contributed by atoms with Crippen molar-refractivity contribution in [2.45, 2.75) is 26.8 Å². The highest BCUT2D eigenvalue weighted by molar-refractivity contribution is 6.46. The number of carbonyl (C=O) groups excluding carboxylic acids is 3. The molecule has 1 amide bonds. The highest BCUT2D eigenvalue weighted by Gasteiger charge is 2.48. The molecule has 4 rings (SSSR count). The summed E-state index contributed by atoms with van der Waals surface area (Å²) in [6, 6.07) is 4.25. The smallest absolute Gasteiger partial charge is 0.355 e. The number of likely N-dealkylation sites (tertiary alicyclic amines) is 1. The second kappa shape index (κ2) is 11.9. The zero-order chi connectivity index (χ0) is 28.3. The molecule has 39 heavy (non-hydrogen) atoms. The Morgan fingerprint density at radius 2 is 1.85 bits per heavy atom. The maximum atomic E-state index is 13.6. The number of nitrogens with one attached hydrogen (secondary N) is 1. The van der Waals surface area contributed by atoms with E-state index in [1.54, 1.807) is 39.0 Å². The number of Topliss-reactive ketones (excluding diaryl/α,β-unsaturated/α-hetero) is 1. The van der Waals surface area contributed by atoms with Crippen molar-refractivity contribution in [3.8, 4) is 11.5 Å². The van der Waals surface area contributed by atoms with E-state index in [-0.39, 0.29) is 35.7 Å². The normalized spacial score (nSPS) is 19.4. The molecule has 1 aromatic heterocycles. The average Bonchev–Trinajstić information content (AvgIpc) is 3.38. The van der Waals surface area contributed by atoms with Crippen LogP contribution in [0.15, 0.2) is 23.8 Å². The molecule has 2 saturated heterocycles. The van der Waals surface area contributed by atoms with Gasteiger partial charge in [-0.3, -0.25) is 14.5 Å². The minimum atomic E-state index is -0.948. The van der Waals surface area contributed by atoms with Crippen LogP contribution in [0.2, 0.25) is 0 Å². The Bertz CT molecular complexity index is 1290. The van der Waals surface area contributed by atoms with Gasteiger partial charge in [0.1, 0.15) is 11.5 Å². The Kier molecular flexibility index (Phi) is 8.61. The largest absolute Gasteiger partial charge is 0.507 e. The molecule has 0 saturated carbocycles. The second-order valence-corrected chi connectivity index (χ2v) is 9.37. The monoisotopic (exact) mass is 541 g/mol. The van der Waals surface area contributed by atoms with Crippen molar-refractivity contribution in [1.29, 1.82) is 0 Å². The number of esters is 1. The van der Waals surface area contributed by atoms with Crippen LogP contribution in [0, 0.1) is 13.8 Å². The van der Waals surface area contributed by atoms with Crippen LogP contribution in [0.1, 0.15) is 45.8 Å². The predicted octanol–water partition coefficient (Wildman–Crippen LogP) is 2.58. The van der Waals surface area contributed by atoms with Crippen molar-refractivity contribution in [2.75, 3.05) is 60.2 Å². The number of carbonyl (C=O) groups is 3. The van der Waals surface area contributed by atoms with E-state index in [0.717, 1.165) is 13.1 Å². The number of aliphatic hydroxyl groups is 1. The number of aromatic nitrogens is 1. The molecule has 11 nitrogen and oxygen atoms in total. The molecule has 3 heterocycles. The fourth-order valence-corrected chi connectivity index (χ4v) is 5.28. The Morgan fingerprint density at radius 3 is 2.49 bits per heavy atom. The highest BCUT2D eigenvalue weighted by atomic mass is 16.5. The summed E-state index contributed by atoms with van der Waals surface area (Å²) in [6.45, 7) is 8.61. The molecular formula is C28H35N3O8.